The van der Waals surface area contributed by atoms with Crippen molar-refractivity contribution < 1.29 is 9.53 Å². The third kappa shape index (κ3) is 2.91. The zero-order valence-corrected chi connectivity index (χ0v) is 15.1. The monoisotopic (exact) mass is 394 g/mol. The molecule has 0 radical (unpaired) electrons. The summed E-state index contributed by atoms with van der Waals surface area (Å²) in [5.41, 5.74) is 1.74. The van der Waals surface area contributed by atoms with Crippen LogP contribution in [0.4, 0.5) is 0 Å². The van der Waals surface area contributed by atoms with E-state index in [1.807, 2.05) is 66.7 Å². The largest absolute Gasteiger partial charge is 0.446 e. The highest BCUT2D eigenvalue weighted by Crippen LogP contribution is 2.34. The van der Waals surface area contributed by atoms with Gasteiger partial charge in [0.1, 0.15) is 0 Å². The molecule has 3 aromatic carbocycles. The molecular formula is C20H15BrN2O2. The molecule has 0 aromatic heterocycles. The van der Waals surface area contributed by atoms with E-state index in [2.05, 4.69) is 21.0 Å². The maximum atomic E-state index is 12.1. The third-order valence-electron chi connectivity index (χ3n) is 4.13. The van der Waals surface area contributed by atoms with Gasteiger partial charge in [0.05, 0.1) is 0 Å². The SMILES string of the molecule is CC(=O)N1N=C(c2cccc(Br)c2)O[C@@H]1c1cccc2ccccc12. The summed E-state index contributed by atoms with van der Waals surface area (Å²) in [6.45, 7) is 1.49. The molecule has 4 rings (SSSR count). The molecule has 5 heteroatoms. The molecule has 0 N–H and O–H groups in total. The second kappa shape index (κ2) is 6.33. The number of hydrogen-bond acceptors (Lipinski definition) is 3. The van der Waals surface area contributed by atoms with Crippen LogP contribution < -0.4 is 0 Å². The fraction of sp³-hybridized carbons (Fsp3) is 0.100. The molecule has 1 amide bonds. The summed E-state index contributed by atoms with van der Waals surface area (Å²) < 4.78 is 7.03. The predicted octanol–water partition coefficient (Wildman–Crippen LogP) is 4.84. The number of rotatable bonds is 2. The van der Waals surface area contributed by atoms with Crippen molar-refractivity contribution in [3.8, 4) is 0 Å². The molecule has 1 aliphatic heterocycles. The smallest absolute Gasteiger partial charge is 0.243 e. The molecule has 0 fully saturated rings. The summed E-state index contributed by atoms with van der Waals surface area (Å²) in [6.07, 6.45) is -0.572. The summed E-state index contributed by atoms with van der Waals surface area (Å²) in [6, 6.07) is 21.7. The lowest BCUT2D eigenvalue weighted by molar-refractivity contribution is -0.135. The molecule has 0 spiro atoms. The van der Waals surface area contributed by atoms with Crippen molar-refractivity contribution >= 4 is 38.5 Å². The van der Waals surface area contributed by atoms with Crippen molar-refractivity contribution in [2.45, 2.75) is 13.2 Å². The average Bonchev–Trinajstić information content (AvgIpc) is 3.07. The number of benzene rings is 3. The molecule has 0 saturated carbocycles. The summed E-state index contributed by atoms with van der Waals surface area (Å²) in [4.78, 5) is 12.1. The molecule has 0 unspecified atom stereocenters. The van der Waals surface area contributed by atoms with Crippen LogP contribution in [0.2, 0.25) is 0 Å². The van der Waals surface area contributed by atoms with Crippen LogP contribution in [-0.4, -0.2) is 16.8 Å². The molecule has 0 saturated heterocycles. The molecule has 1 aliphatic rings. The van der Waals surface area contributed by atoms with Crippen molar-refractivity contribution in [1.82, 2.24) is 5.01 Å². The number of nitrogens with zero attached hydrogens (tertiary/aromatic N) is 2. The normalized spacial score (nSPS) is 16.6. The first-order valence-corrected chi connectivity index (χ1v) is 8.71. The van der Waals surface area contributed by atoms with Gasteiger partial charge in [0.2, 0.25) is 18.0 Å². The van der Waals surface area contributed by atoms with Crippen LogP contribution in [0, 0.1) is 0 Å². The molecule has 4 nitrogen and oxygen atoms in total. The van der Waals surface area contributed by atoms with E-state index in [9.17, 15) is 4.79 Å². The van der Waals surface area contributed by atoms with E-state index in [1.165, 1.54) is 11.9 Å². The number of carbonyl (C=O) groups is 1. The number of amides is 1. The quantitative estimate of drug-likeness (QED) is 0.623. The topological polar surface area (TPSA) is 41.9 Å². The van der Waals surface area contributed by atoms with Gasteiger partial charge in [-0.3, -0.25) is 4.79 Å². The minimum absolute atomic E-state index is 0.164. The Labute approximate surface area is 153 Å². The number of hydrazone groups is 1. The summed E-state index contributed by atoms with van der Waals surface area (Å²) in [5.74, 6) is 0.275. The van der Waals surface area contributed by atoms with Gasteiger partial charge in [0, 0.05) is 22.5 Å². The molecule has 124 valence electrons. The van der Waals surface area contributed by atoms with Gasteiger partial charge >= 0.3 is 0 Å². The van der Waals surface area contributed by atoms with E-state index in [0.29, 0.717) is 5.90 Å². The zero-order valence-electron chi connectivity index (χ0n) is 13.5. The molecule has 25 heavy (non-hydrogen) atoms. The fourth-order valence-corrected chi connectivity index (χ4v) is 3.37. The highest BCUT2D eigenvalue weighted by molar-refractivity contribution is 9.10. The highest BCUT2D eigenvalue weighted by Gasteiger charge is 2.34. The third-order valence-corrected chi connectivity index (χ3v) is 4.62. The van der Waals surface area contributed by atoms with Crippen molar-refractivity contribution in [1.29, 1.82) is 0 Å². The molecule has 3 aromatic rings. The number of halogens is 1. The van der Waals surface area contributed by atoms with E-state index in [4.69, 9.17) is 4.74 Å². The van der Waals surface area contributed by atoms with Crippen LogP contribution in [0.3, 0.4) is 0 Å². The number of ether oxygens (including phenoxy) is 1. The van der Waals surface area contributed by atoms with Crippen LogP contribution in [0.5, 0.6) is 0 Å². The molecule has 1 atom stereocenters. The Balaban J connectivity index is 1.79. The Morgan fingerprint density at radius 2 is 1.84 bits per heavy atom. The average molecular weight is 395 g/mol. The lowest BCUT2D eigenvalue weighted by Gasteiger charge is -2.20. The molecule has 0 bridgehead atoms. The van der Waals surface area contributed by atoms with Crippen LogP contribution in [0.1, 0.15) is 24.3 Å². The van der Waals surface area contributed by atoms with Gasteiger partial charge in [0.15, 0.2) is 0 Å². The lowest BCUT2D eigenvalue weighted by atomic mass is 10.0. The van der Waals surface area contributed by atoms with Crippen LogP contribution in [0.15, 0.2) is 76.3 Å². The number of carbonyl (C=O) groups excluding carboxylic acids is 1. The van der Waals surface area contributed by atoms with Gasteiger partial charge in [-0.25, -0.2) is 0 Å². The van der Waals surface area contributed by atoms with Gasteiger partial charge < -0.3 is 4.74 Å². The van der Waals surface area contributed by atoms with Crippen molar-refractivity contribution in [2.24, 2.45) is 5.10 Å². The zero-order chi connectivity index (χ0) is 17.4. The first-order chi connectivity index (χ1) is 12.1. The predicted molar refractivity (Wildman–Crippen MR) is 101 cm³/mol. The fourth-order valence-electron chi connectivity index (χ4n) is 2.97. The van der Waals surface area contributed by atoms with Gasteiger partial charge in [-0.05, 0) is 29.0 Å². The maximum Gasteiger partial charge on any atom is 0.243 e. The van der Waals surface area contributed by atoms with E-state index < -0.39 is 6.23 Å². The Morgan fingerprint density at radius 3 is 2.64 bits per heavy atom. The van der Waals surface area contributed by atoms with Crippen molar-refractivity contribution in [2.75, 3.05) is 0 Å². The minimum Gasteiger partial charge on any atom is -0.446 e. The Bertz CT molecular complexity index is 994. The van der Waals surface area contributed by atoms with Crippen molar-refractivity contribution in [3.63, 3.8) is 0 Å². The standard InChI is InChI=1S/C20H15BrN2O2/c1-13(24)23-20(18-11-5-7-14-6-2-3-10-17(14)18)25-19(22-23)15-8-4-9-16(21)12-15/h2-12,20H,1H3/t20-/m1/s1. The number of fused-ring (bicyclic) bond motifs is 1. The van der Waals surface area contributed by atoms with E-state index >= 15 is 0 Å². The molecule has 0 aliphatic carbocycles. The second-order valence-electron chi connectivity index (χ2n) is 5.82. The lowest BCUT2D eigenvalue weighted by Crippen LogP contribution is -2.25. The van der Waals surface area contributed by atoms with Crippen LogP contribution >= 0.6 is 15.9 Å². The highest BCUT2D eigenvalue weighted by atomic mass is 79.9. The first kappa shape index (κ1) is 15.8. The van der Waals surface area contributed by atoms with Gasteiger partial charge in [0.25, 0.3) is 0 Å². The van der Waals surface area contributed by atoms with E-state index in [-0.39, 0.29) is 5.91 Å². The maximum absolute atomic E-state index is 12.1. The van der Waals surface area contributed by atoms with E-state index in [1.54, 1.807) is 0 Å². The Hall–Kier alpha value is -2.66. The molecular weight excluding hydrogens is 380 g/mol. The summed E-state index contributed by atoms with van der Waals surface area (Å²) in [5, 5.41) is 7.97. The molecule has 1 heterocycles. The first-order valence-electron chi connectivity index (χ1n) is 7.92. The Kier molecular flexibility index (Phi) is 4.01. The number of hydrogen-bond donors (Lipinski definition) is 0. The Morgan fingerprint density at radius 1 is 1.08 bits per heavy atom. The minimum atomic E-state index is -0.572. The van der Waals surface area contributed by atoms with Crippen molar-refractivity contribution in [3.05, 3.63) is 82.3 Å². The second-order valence-corrected chi connectivity index (χ2v) is 6.73. The van der Waals surface area contributed by atoms with Crippen LogP contribution in [0.25, 0.3) is 10.8 Å². The van der Waals surface area contributed by atoms with E-state index in [0.717, 1.165) is 26.4 Å². The van der Waals surface area contributed by atoms with Crippen LogP contribution in [-0.2, 0) is 9.53 Å². The van der Waals surface area contributed by atoms with Gasteiger partial charge in [-0.1, -0.05) is 64.5 Å². The van der Waals surface area contributed by atoms with Gasteiger partial charge in [-0.15, -0.1) is 5.10 Å². The summed E-state index contributed by atoms with van der Waals surface area (Å²) in [7, 11) is 0. The van der Waals surface area contributed by atoms with Gasteiger partial charge in [-0.2, -0.15) is 5.01 Å². The summed E-state index contributed by atoms with van der Waals surface area (Å²) >= 11 is 3.45.